The van der Waals surface area contributed by atoms with Crippen molar-refractivity contribution in [1.82, 2.24) is 15.5 Å². The summed E-state index contributed by atoms with van der Waals surface area (Å²) in [6.45, 7) is 13.2. The summed E-state index contributed by atoms with van der Waals surface area (Å²) in [7, 11) is 3.82. The van der Waals surface area contributed by atoms with Gasteiger partial charge in [0.15, 0.2) is 5.96 Å². The van der Waals surface area contributed by atoms with Crippen molar-refractivity contribution in [1.29, 1.82) is 0 Å². The molecule has 0 aromatic rings. The Kier molecular flexibility index (Phi) is 14.5. The Hall–Kier alpha value is -0.850. The van der Waals surface area contributed by atoms with Crippen LogP contribution >= 0.6 is 0 Å². The van der Waals surface area contributed by atoms with Gasteiger partial charge in [-0.05, 0) is 26.3 Å². The molecule has 0 rings (SSSR count). The number of nitrogens with one attached hydrogen (secondary N) is 2. The Labute approximate surface area is 136 Å². The van der Waals surface area contributed by atoms with Crippen molar-refractivity contribution in [3.8, 4) is 0 Å². The monoisotopic (exact) mass is 316 g/mol. The number of hydrogen-bond donors (Lipinski definition) is 2. The molecule has 0 heterocycles. The highest BCUT2D eigenvalue weighted by molar-refractivity contribution is 5.79. The summed E-state index contributed by atoms with van der Waals surface area (Å²) >= 11 is 0. The molecule has 6 nitrogen and oxygen atoms in total. The van der Waals surface area contributed by atoms with Gasteiger partial charge < -0.3 is 25.0 Å². The van der Waals surface area contributed by atoms with Gasteiger partial charge in [-0.1, -0.05) is 13.8 Å². The highest BCUT2D eigenvalue weighted by Gasteiger charge is 2.00. The first-order chi connectivity index (χ1) is 10.6. The predicted molar refractivity (Wildman–Crippen MR) is 93.6 cm³/mol. The van der Waals surface area contributed by atoms with Crippen molar-refractivity contribution < 1.29 is 9.47 Å². The van der Waals surface area contributed by atoms with E-state index in [0.717, 1.165) is 64.9 Å². The van der Waals surface area contributed by atoms with Crippen LogP contribution in [0.2, 0.25) is 0 Å². The Bertz CT molecular complexity index is 273. The van der Waals surface area contributed by atoms with E-state index in [1.807, 2.05) is 0 Å². The predicted octanol–water partition coefficient (Wildman–Crippen LogP) is 1.18. The zero-order valence-corrected chi connectivity index (χ0v) is 15.2. The second-order valence-corrected chi connectivity index (χ2v) is 5.81. The van der Waals surface area contributed by atoms with Gasteiger partial charge in [0.1, 0.15) is 0 Å². The van der Waals surface area contributed by atoms with Crippen LogP contribution in [0.25, 0.3) is 0 Å². The number of ether oxygens (including phenoxy) is 2. The molecule has 2 N–H and O–H groups in total. The first kappa shape index (κ1) is 21.1. The minimum Gasteiger partial charge on any atom is -0.383 e. The summed E-state index contributed by atoms with van der Waals surface area (Å²) in [6.07, 6.45) is 0.955. The molecule has 0 aliphatic heterocycles. The summed E-state index contributed by atoms with van der Waals surface area (Å²) in [4.78, 5) is 6.80. The van der Waals surface area contributed by atoms with Crippen molar-refractivity contribution in [2.45, 2.75) is 27.2 Å². The molecule has 0 atom stereocenters. The van der Waals surface area contributed by atoms with Gasteiger partial charge in [-0.3, -0.25) is 4.99 Å². The van der Waals surface area contributed by atoms with Crippen LogP contribution in [0.4, 0.5) is 0 Å². The van der Waals surface area contributed by atoms with Crippen LogP contribution in [0.3, 0.4) is 0 Å². The molecule has 0 spiro atoms. The van der Waals surface area contributed by atoms with Crippen LogP contribution in [0, 0.1) is 5.92 Å². The van der Waals surface area contributed by atoms with Crippen LogP contribution in [-0.4, -0.2) is 77.6 Å². The van der Waals surface area contributed by atoms with Crippen LogP contribution in [0.15, 0.2) is 4.99 Å². The molecular formula is C16H36N4O2. The summed E-state index contributed by atoms with van der Waals surface area (Å²) in [5.74, 6) is 1.48. The third-order valence-corrected chi connectivity index (χ3v) is 2.98. The van der Waals surface area contributed by atoms with E-state index in [4.69, 9.17) is 9.47 Å². The number of guanidine groups is 1. The number of aliphatic imine (C=N–C) groups is 1. The molecule has 0 radical (unpaired) electrons. The molecule has 0 aliphatic rings. The molecule has 0 amide bonds. The zero-order chi connectivity index (χ0) is 16.6. The average molecular weight is 316 g/mol. The standard InChI is InChI=1S/C16H36N4O2/c1-6-17-16(18-8-7-12-22-14-15(2)3)19-9-10-20(4)11-13-21-5/h15H,6-14H2,1-5H3,(H2,17,18,19). The fourth-order valence-corrected chi connectivity index (χ4v) is 1.74. The van der Waals surface area contributed by atoms with Gasteiger partial charge >= 0.3 is 0 Å². The van der Waals surface area contributed by atoms with Crippen molar-refractivity contribution in [3.05, 3.63) is 0 Å². The zero-order valence-electron chi connectivity index (χ0n) is 15.2. The van der Waals surface area contributed by atoms with Crippen molar-refractivity contribution in [2.75, 3.05) is 66.7 Å². The maximum Gasteiger partial charge on any atom is 0.191 e. The van der Waals surface area contributed by atoms with Crippen LogP contribution in [-0.2, 0) is 9.47 Å². The number of methoxy groups -OCH3 is 1. The van der Waals surface area contributed by atoms with E-state index in [2.05, 4.69) is 48.3 Å². The number of nitrogens with zero attached hydrogens (tertiary/aromatic N) is 2. The normalized spacial score (nSPS) is 12.2. The van der Waals surface area contributed by atoms with Crippen molar-refractivity contribution in [3.63, 3.8) is 0 Å². The third kappa shape index (κ3) is 14.1. The molecule has 0 aromatic carbocycles. The smallest absolute Gasteiger partial charge is 0.191 e. The van der Waals surface area contributed by atoms with E-state index in [1.54, 1.807) is 7.11 Å². The average Bonchev–Trinajstić information content (AvgIpc) is 2.48. The largest absolute Gasteiger partial charge is 0.383 e. The first-order valence-corrected chi connectivity index (χ1v) is 8.37. The number of likely N-dealkylation sites (N-methyl/N-ethyl adjacent to an activating group) is 1. The summed E-state index contributed by atoms with van der Waals surface area (Å²) in [5.41, 5.74) is 0. The lowest BCUT2D eigenvalue weighted by molar-refractivity contribution is 0.109. The topological polar surface area (TPSA) is 58.1 Å². The lowest BCUT2D eigenvalue weighted by atomic mass is 10.2. The van der Waals surface area contributed by atoms with Crippen molar-refractivity contribution >= 4 is 5.96 Å². The van der Waals surface area contributed by atoms with E-state index < -0.39 is 0 Å². The van der Waals surface area contributed by atoms with E-state index in [9.17, 15) is 0 Å². The lowest BCUT2D eigenvalue weighted by Gasteiger charge is -2.17. The fraction of sp³-hybridized carbons (Fsp3) is 0.938. The maximum absolute atomic E-state index is 5.56. The molecule has 0 saturated heterocycles. The van der Waals surface area contributed by atoms with Gasteiger partial charge in [0.05, 0.1) is 6.61 Å². The first-order valence-electron chi connectivity index (χ1n) is 8.37. The molecule has 0 aromatic heterocycles. The third-order valence-electron chi connectivity index (χ3n) is 2.98. The van der Waals surface area contributed by atoms with Gasteiger partial charge in [-0.15, -0.1) is 0 Å². The highest BCUT2D eigenvalue weighted by Crippen LogP contribution is 1.93. The second-order valence-electron chi connectivity index (χ2n) is 5.81. The SMILES string of the molecule is CCNC(=NCCCOCC(C)C)NCCN(C)CCOC. The molecule has 132 valence electrons. The molecular weight excluding hydrogens is 280 g/mol. The lowest BCUT2D eigenvalue weighted by Crippen LogP contribution is -2.41. The van der Waals surface area contributed by atoms with E-state index in [0.29, 0.717) is 5.92 Å². The minimum atomic E-state index is 0.595. The van der Waals surface area contributed by atoms with E-state index >= 15 is 0 Å². The fourth-order valence-electron chi connectivity index (χ4n) is 1.74. The van der Waals surface area contributed by atoms with Gasteiger partial charge in [0.25, 0.3) is 0 Å². The molecule has 0 unspecified atom stereocenters. The molecule has 0 saturated carbocycles. The molecule has 0 fully saturated rings. The quantitative estimate of drug-likeness (QED) is 0.304. The molecule has 6 heteroatoms. The molecule has 22 heavy (non-hydrogen) atoms. The Balaban J connectivity index is 3.81. The second kappa shape index (κ2) is 15.1. The summed E-state index contributed by atoms with van der Waals surface area (Å²) in [6, 6.07) is 0. The molecule has 0 bridgehead atoms. The van der Waals surface area contributed by atoms with Crippen LogP contribution in [0.5, 0.6) is 0 Å². The van der Waals surface area contributed by atoms with Gasteiger partial charge in [0, 0.05) is 53.0 Å². The van der Waals surface area contributed by atoms with E-state index in [1.165, 1.54) is 0 Å². The number of rotatable bonds is 13. The molecule has 0 aliphatic carbocycles. The number of hydrogen-bond acceptors (Lipinski definition) is 4. The minimum absolute atomic E-state index is 0.595. The van der Waals surface area contributed by atoms with Gasteiger partial charge in [-0.25, -0.2) is 0 Å². The highest BCUT2D eigenvalue weighted by atomic mass is 16.5. The summed E-state index contributed by atoms with van der Waals surface area (Å²) < 4.78 is 10.6. The van der Waals surface area contributed by atoms with E-state index in [-0.39, 0.29) is 0 Å². The maximum atomic E-state index is 5.56. The Morgan fingerprint density at radius 3 is 2.59 bits per heavy atom. The van der Waals surface area contributed by atoms with Gasteiger partial charge in [-0.2, -0.15) is 0 Å². The Morgan fingerprint density at radius 2 is 1.95 bits per heavy atom. The Morgan fingerprint density at radius 1 is 1.18 bits per heavy atom. The van der Waals surface area contributed by atoms with Gasteiger partial charge in [0.2, 0.25) is 0 Å². The van der Waals surface area contributed by atoms with Crippen molar-refractivity contribution in [2.24, 2.45) is 10.9 Å². The van der Waals surface area contributed by atoms with Crippen LogP contribution < -0.4 is 10.6 Å². The van der Waals surface area contributed by atoms with Crippen LogP contribution in [0.1, 0.15) is 27.2 Å². The summed E-state index contributed by atoms with van der Waals surface area (Å²) in [5, 5.41) is 6.62.